The van der Waals surface area contributed by atoms with Crippen LogP contribution in [0.25, 0.3) is 0 Å². The topological polar surface area (TPSA) is 115 Å². The van der Waals surface area contributed by atoms with Gasteiger partial charge in [0.15, 0.2) is 0 Å². The Morgan fingerprint density at radius 1 is 1.10 bits per heavy atom. The summed E-state index contributed by atoms with van der Waals surface area (Å²) in [6, 6.07) is 8.71. The van der Waals surface area contributed by atoms with Crippen LogP contribution >= 0.6 is 0 Å². The summed E-state index contributed by atoms with van der Waals surface area (Å²) >= 11 is 0. The number of benzene rings is 2. The van der Waals surface area contributed by atoms with Gasteiger partial charge in [0.1, 0.15) is 5.82 Å². The molecule has 8 heteroatoms. The Labute approximate surface area is 120 Å². The second kappa shape index (κ2) is 5.41. The molecule has 6 nitrogen and oxygen atoms in total. The number of hydrogen-bond donors (Lipinski definition) is 3. The van der Waals surface area contributed by atoms with E-state index in [9.17, 15) is 17.6 Å². The fourth-order valence-electron chi connectivity index (χ4n) is 1.59. The largest absolute Gasteiger partial charge is 0.396 e. The Balaban J connectivity index is 2.28. The zero-order valence-electron chi connectivity index (χ0n) is 10.7. The number of carbonyl (C=O) groups excluding carboxylic acids is 1. The van der Waals surface area contributed by atoms with E-state index in [0.717, 1.165) is 6.07 Å². The predicted molar refractivity (Wildman–Crippen MR) is 76.6 cm³/mol. The summed E-state index contributed by atoms with van der Waals surface area (Å²) in [6.45, 7) is 0. The number of hydrogen-bond acceptors (Lipinski definition) is 4. The highest BCUT2D eigenvalue weighted by atomic mass is 32.2. The van der Waals surface area contributed by atoms with Gasteiger partial charge in [0.25, 0.3) is 10.0 Å². The lowest BCUT2D eigenvalue weighted by Gasteiger charge is -2.09. The van der Waals surface area contributed by atoms with Gasteiger partial charge >= 0.3 is 0 Å². The van der Waals surface area contributed by atoms with Gasteiger partial charge in [-0.25, -0.2) is 12.8 Å². The molecule has 2 rings (SSSR count). The molecule has 0 radical (unpaired) electrons. The van der Waals surface area contributed by atoms with Crippen molar-refractivity contribution in [3.8, 4) is 0 Å². The van der Waals surface area contributed by atoms with Gasteiger partial charge in [0.2, 0.25) is 5.91 Å². The molecular formula is C13H12FN3O3S. The van der Waals surface area contributed by atoms with Crippen molar-refractivity contribution in [2.45, 2.75) is 4.90 Å². The smallest absolute Gasteiger partial charge is 0.261 e. The highest BCUT2D eigenvalue weighted by molar-refractivity contribution is 7.92. The summed E-state index contributed by atoms with van der Waals surface area (Å²) in [5.41, 5.74) is 10.7. The van der Waals surface area contributed by atoms with Crippen molar-refractivity contribution in [3.63, 3.8) is 0 Å². The van der Waals surface area contributed by atoms with Gasteiger partial charge < -0.3 is 11.5 Å². The van der Waals surface area contributed by atoms with Gasteiger partial charge in [-0.3, -0.25) is 9.52 Å². The van der Waals surface area contributed by atoms with Crippen LogP contribution in [-0.4, -0.2) is 14.3 Å². The van der Waals surface area contributed by atoms with Crippen LogP contribution in [0.4, 0.5) is 15.8 Å². The lowest BCUT2D eigenvalue weighted by molar-refractivity contribution is 0.100. The molecule has 0 saturated heterocycles. The number of nitrogen functional groups attached to an aromatic ring is 1. The van der Waals surface area contributed by atoms with Crippen LogP contribution in [0.2, 0.25) is 0 Å². The molecule has 0 fully saturated rings. The summed E-state index contributed by atoms with van der Waals surface area (Å²) in [6.07, 6.45) is 0. The van der Waals surface area contributed by atoms with Crippen molar-refractivity contribution < 1.29 is 17.6 Å². The number of nitrogens with one attached hydrogen (secondary N) is 1. The number of anilines is 2. The molecule has 110 valence electrons. The molecule has 0 bridgehead atoms. The van der Waals surface area contributed by atoms with Crippen molar-refractivity contribution in [3.05, 3.63) is 53.8 Å². The van der Waals surface area contributed by atoms with E-state index in [1.807, 2.05) is 0 Å². The fourth-order valence-corrected chi connectivity index (χ4v) is 2.66. The zero-order valence-corrected chi connectivity index (χ0v) is 11.5. The number of sulfonamides is 1. The van der Waals surface area contributed by atoms with Gasteiger partial charge in [-0.15, -0.1) is 0 Å². The number of rotatable bonds is 4. The van der Waals surface area contributed by atoms with Gasteiger partial charge in [0.05, 0.1) is 10.6 Å². The average Bonchev–Trinajstić information content (AvgIpc) is 2.42. The van der Waals surface area contributed by atoms with Gasteiger partial charge in [0, 0.05) is 11.3 Å². The summed E-state index contributed by atoms with van der Waals surface area (Å²) in [5, 5.41) is 0. The van der Waals surface area contributed by atoms with E-state index < -0.39 is 21.7 Å². The van der Waals surface area contributed by atoms with E-state index in [4.69, 9.17) is 11.5 Å². The molecule has 0 saturated carbocycles. The molecular weight excluding hydrogens is 297 g/mol. The van der Waals surface area contributed by atoms with Crippen molar-refractivity contribution in [1.82, 2.24) is 0 Å². The van der Waals surface area contributed by atoms with Crippen molar-refractivity contribution in [1.29, 1.82) is 0 Å². The number of nitrogens with two attached hydrogens (primary N) is 2. The molecule has 1 amide bonds. The first kappa shape index (κ1) is 14.8. The van der Waals surface area contributed by atoms with Crippen LogP contribution in [0.15, 0.2) is 47.4 Å². The highest BCUT2D eigenvalue weighted by Crippen LogP contribution is 2.20. The van der Waals surface area contributed by atoms with Crippen LogP contribution in [0.1, 0.15) is 10.4 Å². The SMILES string of the molecule is NC(=O)c1ccc(NS(=O)(=O)c2ccc(N)c(F)c2)cc1. The maximum Gasteiger partial charge on any atom is 0.261 e. The van der Waals surface area contributed by atoms with Gasteiger partial charge in [-0.05, 0) is 42.5 Å². The zero-order chi connectivity index (χ0) is 15.6. The molecule has 21 heavy (non-hydrogen) atoms. The monoisotopic (exact) mass is 309 g/mol. The maximum atomic E-state index is 13.3. The minimum Gasteiger partial charge on any atom is -0.396 e. The Bertz CT molecular complexity index is 789. The van der Waals surface area contributed by atoms with E-state index >= 15 is 0 Å². The molecule has 2 aromatic rings. The molecule has 2 aromatic carbocycles. The second-order valence-electron chi connectivity index (χ2n) is 4.23. The molecule has 0 aliphatic heterocycles. The first-order chi connectivity index (χ1) is 9.79. The predicted octanol–water partition coefficient (Wildman–Crippen LogP) is 1.31. The Hall–Kier alpha value is -2.61. The van der Waals surface area contributed by atoms with E-state index in [1.54, 1.807) is 0 Å². The Morgan fingerprint density at radius 3 is 2.24 bits per heavy atom. The lowest BCUT2D eigenvalue weighted by Crippen LogP contribution is -2.14. The first-order valence-electron chi connectivity index (χ1n) is 5.77. The molecule has 0 heterocycles. The molecule has 0 aromatic heterocycles. The van der Waals surface area contributed by atoms with Crippen LogP contribution in [-0.2, 0) is 10.0 Å². The second-order valence-corrected chi connectivity index (χ2v) is 5.91. The molecule has 0 atom stereocenters. The van der Waals surface area contributed by atoms with Crippen molar-refractivity contribution >= 4 is 27.3 Å². The molecule has 0 aliphatic rings. The standard InChI is InChI=1S/C13H12FN3O3S/c14-11-7-10(5-6-12(11)15)21(19,20)17-9-3-1-8(2-4-9)13(16)18/h1-7,17H,15H2,(H2,16,18). The van der Waals surface area contributed by atoms with Crippen LogP contribution in [0.3, 0.4) is 0 Å². The third-order valence-corrected chi connectivity index (χ3v) is 4.08. The quantitative estimate of drug-likeness (QED) is 0.738. The van der Waals surface area contributed by atoms with Gasteiger partial charge in [-0.1, -0.05) is 0 Å². The first-order valence-corrected chi connectivity index (χ1v) is 7.25. The van der Waals surface area contributed by atoms with Crippen LogP contribution < -0.4 is 16.2 Å². The fraction of sp³-hybridized carbons (Fsp3) is 0. The van der Waals surface area contributed by atoms with E-state index in [1.165, 1.54) is 36.4 Å². The highest BCUT2D eigenvalue weighted by Gasteiger charge is 2.16. The summed E-state index contributed by atoms with van der Waals surface area (Å²) in [7, 11) is -3.95. The summed E-state index contributed by atoms with van der Waals surface area (Å²) < 4.78 is 39.7. The third kappa shape index (κ3) is 3.29. The number of carbonyl (C=O) groups is 1. The Morgan fingerprint density at radius 2 is 1.71 bits per heavy atom. The van der Waals surface area contributed by atoms with Gasteiger partial charge in [-0.2, -0.15) is 0 Å². The van der Waals surface area contributed by atoms with Crippen molar-refractivity contribution in [2.75, 3.05) is 10.5 Å². The Kier molecular flexibility index (Phi) is 3.81. The van der Waals surface area contributed by atoms with E-state index in [0.29, 0.717) is 0 Å². The van der Waals surface area contributed by atoms with Crippen LogP contribution in [0.5, 0.6) is 0 Å². The maximum absolute atomic E-state index is 13.3. The molecule has 5 N–H and O–H groups in total. The minimum absolute atomic E-state index is 0.139. The number of primary amides is 1. The summed E-state index contributed by atoms with van der Waals surface area (Å²) in [5.74, 6) is -1.44. The lowest BCUT2D eigenvalue weighted by atomic mass is 10.2. The van der Waals surface area contributed by atoms with Crippen molar-refractivity contribution in [2.24, 2.45) is 5.73 Å². The van der Waals surface area contributed by atoms with E-state index in [2.05, 4.69) is 4.72 Å². The number of amides is 1. The van der Waals surface area contributed by atoms with E-state index in [-0.39, 0.29) is 21.8 Å². The van der Waals surface area contributed by atoms with Crippen LogP contribution in [0, 0.1) is 5.82 Å². The number of halogens is 1. The normalized spacial score (nSPS) is 11.1. The molecule has 0 spiro atoms. The third-order valence-electron chi connectivity index (χ3n) is 2.70. The average molecular weight is 309 g/mol. The molecule has 0 aliphatic carbocycles. The summed E-state index contributed by atoms with van der Waals surface area (Å²) in [4.78, 5) is 10.7. The molecule has 0 unspecified atom stereocenters. The minimum atomic E-state index is -3.95.